The van der Waals surface area contributed by atoms with Crippen LogP contribution >= 0.6 is 11.8 Å². The standard InChI is InChI=1S/C14H15N3O2S/c1-9-6-7-15-13-12(9)16-14(20-8-11(18)19)17(13)10-4-2-3-5-10/h2-3,6-7,10H,4-5,8H2,1H3,(H,18,19). The molecule has 104 valence electrons. The van der Waals surface area contributed by atoms with E-state index >= 15 is 0 Å². The Balaban J connectivity index is 2.08. The van der Waals surface area contributed by atoms with Crippen molar-refractivity contribution in [3.8, 4) is 0 Å². The van der Waals surface area contributed by atoms with Crippen LogP contribution in [0.25, 0.3) is 11.2 Å². The Bertz CT molecular complexity index is 685. The molecule has 5 nitrogen and oxygen atoms in total. The summed E-state index contributed by atoms with van der Waals surface area (Å²) in [4.78, 5) is 19.8. The second-order valence-electron chi connectivity index (χ2n) is 4.84. The van der Waals surface area contributed by atoms with Gasteiger partial charge in [0.05, 0.1) is 5.75 Å². The highest BCUT2D eigenvalue weighted by atomic mass is 32.2. The molecule has 0 spiro atoms. The first-order valence-corrected chi connectivity index (χ1v) is 7.48. The normalized spacial score (nSPS) is 15.2. The number of hydrogen-bond donors (Lipinski definition) is 1. The van der Waals surface area contributed by atoms with Gasteiger partial charge in [-0.15, -0.1) is 0 Å². The number of allylic oxidation sites excluding steroid dienone is 2. The number of aliphatic carboxylic acids is 1. The highest BCUT2D eigenvalue weighted by molar-refractivity contribution is 7.99. The number of carboxylic acid groups (broad SMARTS) is 1. The Labute approximate surface area is 120 Å². The molecule has 0 bridgehead atoms. The largest absolute Gasteiger partial charge is 0.481 e. The van der Waals surface area contributed by atoms with Crippen molar-refractivity contribution in [2.24, 2.45) is 0 Å². The van der Waals surface area contributed by atoms with Gasteiger partial charge in [-0.1, -0.05) is 23.9 Å². The number of pyridine rings is 1. The van der Waals surface area contributed by atoms with Gasteiger partial charge in [-0.3, -0.25) is 9.36 Å². The zero-order valence-electron chi connectivity index (χ0n) is 11.1. The number of carbonyl (C=O) groups is 1. The summed E-state index contributed by atoms with van der Waals surface area (Å²) in [5, 5.41) is 9.62. The maximum absolute atomic E-state index is 10.8. The number of rotatable bonds is 4. The number of carboxylic acids is 1. The summed E-state index contributed by atoms with van der Waals surface area (Å²) in [6, 6.07) is 2.23. The molecule has 1 aliphatic rings. The van der Waals surface area contributed by atoms with Gasteiger partial charge in [0.1, 0.15) is 5.52 Å². The van der Waals surface area contributed by atoms with Crippen molar-refractivity contribution in [2.75, 3.05) is 5.75 Å². The molecule has 0 aliphatic heterocycles. The number of hydrogen-bond acceptors (Lipinski definition) is 4. The number of fused-ring (bicyclic) bond motifs is 1. The number of thioether (sulfide) groups is 1. The maximum atomic E-state index is 10.8. The molecule has 0 radical (unpaired) electrons. The van der Waals surface area contributed by atoms with Gasteiger partial charge >= 0.3 is 5.97 Å². The van der Waals surface area contributed by atoms with Crippen LogP contribution < -0.4 is 0 Å². The van der Waals surface area contributed by atoms with Crippen LogP contribution in [0.3, 0.4) is 0 Å². The third-order valence-electron chi connectivity index (χ3n) is 3.42. The summed E-state index contributed by atoms with van der Waals surface area (Å²) in [5.74, 6) is -0.814. The van der Waals surface area contributed by atoms with E-state index in [2.05, 4.69) is 26.7 Å². The molecule has 1 N–H and O–H groups in total. The minimum Gasteiger partial charge on any atom is -0.481 e. The summed E-state index contributed by atoms with van der Waals surface area (Å²) in [7, 11) is 0. The summed E-state index contributed by atoms with van der Waals surface area (Å²) in [6.45, 7) is 2.00. The Morgan fingerprint density at radius 2 is 2.25 bits per heavy atom. The fourth-order valence-corrected chi connectivity index (χ4v) is 3.24. The predicted octanol–water partition coefficient (Wildman–Crippen LogP) is 2.81. The van der Waals surface area contributed by atoms with Gasteiger partial charge in [0, 0.05) is 12.2 Å². The summed E-state index contributed by atoms with van der Waals surface area (Å²) >= 11 is 1.26. The number of aromatic nitrogens is 3. The van der Waals surface area contributed by atoms with Crippen LogP contribution in [0.5, 0.6) is 0 Å². The zero-order chi connectivity index (χ0) is 14.1. The van der Waals surface area contributed by atoms with Crippen molar-refractivity contribution in [3.05, 3.63) is 30.0 Å². The van der Waals surface area contributed by atoms with Gasteiger partial charge in [-0.05, 0) is 31.4 Å². The summed E-state index contributed by atoms with van der Waals surface area (Å²) in [6.07, 6.45) is 7.98. The lowest BCUT2D eigenvalue weighted by Gasteiger charge is -2.14. The van der Waals surface area contributed by atoms with E-state index < -0.39 is 5.97 Å². The molecule has 1 aliphatic carbocycles. The number of aryl methyl sites for hydroxylation is 1. The monoisotopic (exact) mass is 289 g/mol. The first-order valence-electron chi connectivity index (χ1n) is 6.50. The highest BCUT2D eigenvalue weighted by Crippen LogP contribution is 2.33. The minimum atomic E-state index is -0.831. The number of nitrogens with zero attached hydrogens (tertiary/aromatic N) is 3. The van der Waals surface area contributed by atoms with Crippen molar-refractivity contribution < 1.29 is 9.90 Å². The predicted molar refractivity (Wildman–Crippen MR) is 78.0 cm³/mol. The molecule has 0 aromatic carbocycles. The lowest BCUT2D eigenvalue weighted by atomic mass is 10.2. The third-order valence-corrected chi connectivity index (χ3v) is 4.36. The van der Waals surface area contributed by atoms with E-state index in [4.69, 9.17) is 5.11 Å². The first-order chi connectivity index (χ1) is 9.66. The van der Waals surface area contributed by atoms with Crippen molar-refractivity contribution in [3.63, 3.8) is 0 Å². The molecular formula is C14H15N3O2S. The third kappa shape index (κ3) is 2.31. The molecule has 0 fully saturated rings. The van der Waals surface area contributed by atoms with Crippen molar-refractivity contribution in [1.29, 1.82) is 0 Å². The van der Waals surface area contributed by atoms with E-state index in [-0.39, 0.29) is 5.75 Å². The van der Waals surface area contributed by atoms with E-state index in [1.54, 1.807) is 6.20 Å². The minimum absolute atomic E-state index is 0.0164. The van der Waals surface area contributed by atoms with Gasteiger partial charge in [-0.25, -0.2) is 9.97 Å². The topological polar surface area (TPSA) is 68.0 Å². The van der Waals surface area contributed by atoms with Crippen LogP contribution in [0, 0.1) is 6.92 Å². The molecule has 0 amide bonds. The lowest BCUT2D eigenvalue weighted by molar-refractivity contribution is -0.133. The molecule has 6 heteroatoms. The van der Waals surface area contributed by atoms with Crippen LogP contribution in [0.4, 0.5) is 0 Å². The second-order valence-corrected chi connectivity index (χ2v) is 5.79. The van der Waals surface area contributed by atoms with Gasteiger partial charge in [0.25, 0.3) is 0 Å². The fraction of sp³-hybridized carbons (Fsp3) is 0.357. The zero-order valence-corrected chi connectivity index (χ0v) is 11.9. The van der Waals surface area contributed by atoms with Gasteiger partial charge in [0.15, 0.2) is 10.8 Å². The van der Waals surface area contributed by atoms with E-state index in [1.165, 1.54) is 11.8 Å². The smallest absolute Gasteiger partial charge is 0.313 e. The quantitative estimate of drug-likeness (QED) is 0.692. The molecule has 20 heavy (non-hydrogen) atoms. The second kappa shape index (κ2) is 5.28. The Morgan fingerprint density at radius 3 is 2.95 bits per heavy atom. The number of imidazole rings is 1. The van der Waals surface area contributed by atoms with Crippen LogP contribution in [0.15, 0.2) is 29.6 Å². The van der Waals surface area contributed by atoms with E-state index in [1.807, 2.05) is 13.0 Å². The first kappa shape index (κ1) is 13.2. The average molecular weight is 289 g/mol. The summed E-state index contributed by atoms with van der Waals surface area (Å²) < 4.78 is 2.09. The van der Waals surface area contributed by atoms with Crippen LogP contribution in [0.2, 0.25) is 0 Å². The van der Waals surface area contributed by atoms with Gasteiger partial charge < -0.3 is 5.11 Å². The van der Waals surface area contributed by atoms with Crippen LogP contribution in [0.1, 0.15) is 24.4 Å². The molecule has 2 aromatic heterocycles. The lowest BCUT2D eigenvalue weighted by Crippen LogP contribution is -2.08. The summed E-state index contributed by atoms with van der Waals surface area (Å²) in [5.41, 5.74) is 2.79. The van der Waals surface area contributed by atoms with Crippen molar-refractivity contribution >= 4 is 28.9 Å². The maximum Gasteiger partial charge on any atom is 0.313 e. The van der Waals surface area contributed by atoms with Crippen LogP contribution in [-0.2, 0) is 4.79 Å². The molecule has 0 atom stereocenters. The SMILES string of the molecule is Cc1ccnc2c1nc(SCC(=O)O)n2C1CC=CC1. The molecule has 0 unspecified atom stereocenters. The molecule has 2 heterocycles. The van der Waals surface area contributed by atoms with Gasteiger partial charge in [-0.2, -0.15) is 0 Å². The van der Waals surface area contributed by atoms with Crippen molar-refractivity contribution in [1.82, 2.24) is 14.5 Å². The molecule has 0 saturated heterocycles. The Hall–Kier alpha value is -1.82. The average Bonchev–Trinajstić information content (AvgIpc) is 3.03. The molecule has 0 saturated carbocycles. The Kier molecular flexibility index (Phi) is 3.48. The molecular weight excluding hydrogens is 274 g/mol. The van der Waals surface area contributed by atoms with Crippen LogP contribution in [-0.4, -0.2) is 31.4 Å². The highest BCUT2D eigenvalue weighted by Gasteiger charge is 2.22. The van der Waals surface area contributed by atoms with E-state index in [9.17, 15) is 4.79 Å². The fourth-order valence-electron chi connectivity index (χ4n) is 2.46. The Morgan fingerprint density at radius 1 is 1.50 bits per heavy atom. The van der Waals surface area contributed by atoms with E-state index in [0.717, 1.165) is 34.7 Å². The van der Waals surface area contributed by atoms with Crippen molar-refractivity contribution in [2.45, 2.75) is 31.0 Å². The van der Waals surface area contributed by atoms with Gasteiger partial charge in [0.2, 0.25) is 0 Å². The van der Waals surface area contributed by atoms with E-state index in [0.29, 0.717) is 6.04 Å². The molecule has 2 aromatic rings. The molecule has 3 rings (SSSR count).